The Morgan fingerprint density at radius 2 is 1.93 bits per heavy atom. The van der Waals surface area contributed by atoms with Crippen molar-refractivity contribution in [2.75, 3.05) is 6.61 Å². The molecule has 2 aromatic heterocycles. The molecule has 2 heterocycles. The molecule has 0 aliphatic heterocycles. The van der Waals surface area contributed by atoms with Gasteiger partial charge in [-0.05, 0) is 25.1 Å². The first-order valence-corrected chi connectivity index (χ1v) is 9.65. The molecule has 6 nitrogen and oxygen atoms in total. The highest BCUT2D eigenvalue weighted by Gasteiger charge is 2.22. The number of ketones is 1. The Balaban J connectivity index is 1.31. The van der Waals surface area contributed by atoms with E-state index in [1.54, 1.807) is 13.1 Å². The topological polar surface area (TPSA) is 81.3 Å². The molecule has 0 saturated heterocycles. The number of H-pyrrole nitrogens is 1. The van der Waals surface area contributed by atoms with Crippen LogP contribution in [0.3, 0.4) is 0 Å². The van der Waals surface area contributed by atoms with E-state index in [0.29, 0.717) is 5.56 Å². The summed E-state index contributed by atoms with van der Waals surface area (Å²) in [6, 6.07) is 15.3. The largest absolute Gasteiger partial charge is 0.453 e. The van der Waals surface area contributed by atoms with Gasteiger partial charge in [0.15, 0.2) is 6.10 Å². The van der Waals surface area contributed by atoms with Crippen LogP contribution in [0, 0.1) is 0 Å². The predicted octanol–water partition coefficient (Wildman–Crippen LogP) is 4.11. The molecule has 28 heavy (non-hydrogen) atoms. The Kier molecular flexibility index (Phi) is 5.18. The molecule has 0 radical (unpaired) electrons. The van der Waals surface area contributed by atoms with Gasteiger partial charge in [0.2, 0.25) is 5.78 Å². The van der Waals surface area contributed by atoms with Gasteiger partial charge in [-0.3, -0.25) is 4.79 Å². The smallest absolute Gasteiger partial charge is 0.332 e. The number of fused-ring (bicyclic) bond motifs is 2. The van der Waals surface area contributed by atoms with Crippen molar-refractivity contribution in [3.05, 3.63) is 65.3 Å². The van der Waals surface area contributed by atoms with Gasteiger partial charge >= 0.3 is 5.97 Å². The first kappa shape index (κ1) is 18.3. The van der Waals surface area contributed by atoms with E-state index in [-0.39, 0.29) is 19.0 Å². The van der Waals surface area contributed by atoms with Crippen LogP contribution in [0.25, 0.3) is 21.1 Å². The standard InChI is InChI=1S/C21H18N2O4S/c1-13(21(25)15-10-22-16-7-3-2-6-14(15)16)27-20(24)12-26-11-19-23-17-8-4-5-9-18(17)28-19/h2-10,13,22H,11-12H2,1H3/t13-/m0/s1. The highest BCUT2D eigenvalue weighted by atomic mass is 32.1. The number of benzene rings is 2. The maximum atomic E-state index is 12.6. The summed E-state index contributed by atoms with van der Waals surface area (Å²) in [5.41, 5.74) is 2.28. The number of nitrogens with one attached hydrogen (secondary N) is 1. The second kappa shape index (κ2) is 7.92. The second-order valence-corrected chi connectivity index (χ2v) is 7.43. The van der Waals surface area contributed by atoms with Crippen molar-refractivity contribution in [2.24, 2.45) is 0 Å². The molecule has 0 fully saturated rings. The van der Waals surface area contributed by atoms with Crippen molar-refractivity contribution < 1.29 is 19.1 Å². The van der Waals surface area contributed by atoms with E-state index >= 15 is 0 Å². The molecule has 7 heteroatoms. The molecule has 4 aromatic rings. The molecule has 1 N–H and O–H groups in total. The molecular formula is C21H18N2O4S. The fraction of sp³-hybridized carbons (Fsp3) is 0.190. The number of hydrogen-bond donors (Lipinski definition) is 1. The zero-order chi connectivity index (χ0) is 19.5. The number of rotatable bonds is 7. The van der Waals surface area contributed by atoms with E-state index in [0.717, 1.165) is 26.1 Å². The number of para-hydroxylation sites is 2. The van der Waals surface area contributed by atoms with Crippen LogP contribution in [0.5, 0.6) is 0 Å². The summed E-state index contributed by atoms with van der Waals surface area (Å²) >= 11 is 1.52. The van der Waals surface area contributed by atoms with Gasteiger partial charge in [0.25, 0.3) is 0 Å². The van der Waals surface area contributed by atoms with E-state index in [1.807, 2.05) is 48.5 Å². The highest BCUT2D eigenvalue weighted by Crippen LogP contribution is 2.22. The number of Topliss-reactive ketones (excluding diaryl/α,β-unsaturated/α-hetero) is 1. The van der Waals surface area contributed by atoms with Crippen LogP contribution in [0.4, 0.5) is 0 Å². The number of hydrogen-bond acceptors (Lipinski definition) is 6. The fourth-order valence-electron chi connectivity index (χ4n) is 2.98. The monoisotopic (exact) mass is 394 g/mol. The lowest BCUT2D eigenvalue weighted by Gasteiger charge is -2.12. The first-order chi connectivity index (χ1) is 13.6. The molecule has 142 valence electrons. The van der Waals surface area contributed by atoms with Crippen molar-refractivity contribution in [3.8, 4) is 0 Å². The average molecular weight is 394 g/mol. The number of aromatic amines is 1. The third-order valence-electron chi connectivity index (χ3n) is 4.32. The molecule has 0 saturated carbocycles. The van der Waals surface area contributed by atoms with Crippen LogP contribution in [0.15, 0.2) is 54.7 Å². The van der Waals surface area contributed by atoms with E-state index in [1.165, 1.54) is 11.3 Å². The number of carbonyl (C=O) groups excluding carboxylic acids is 2. The van der Waals surface area contributed by atoms with Gasteiger partial charge in [-0.15, -0.1) is 11.3 Å². The Hall–Kier alpha value is -3.03. The number of esters is 1. The number of ether oxygens (including phenoxy) is 2. The minimum absolute atomic E-state index is 0.221. The highest BCUT2D eigenvalue weighted by molar-refractivity contribution is 7.18. The van der Waals surface area contributed by atoms with Crippen LogP contribution in [0.1, 0.15) is 22.3 Å². The normalized spacial score (nSPS) is 12.3. The van der Waals surface area contributed by atoms with Crippen molar-refractivity contribution in [1.29, 1.82) is 0 Å². The third-order valence-corrected chi connectivity index (χ3v) is 5.33. The summed E-state index contributed by atoms with van der Waals surface area (Å²) in [6.45, 7) is 1.55. The lowest BCUT2D eigenvalue weighted by atomic mass is 10.1. The molecule has 1 atom stereocenters. The van der Waals surface area contributed by atoms with Crippen LogP contribution in [-0.4, -0.2) is 34.4 Å². The minimum atomic E-state index is -0.891. The van der Waals surface area contributed by atoms with Gasteiger partial charge in [-0.1, -0.05) is 30.3 Å². The zero-order valence-electron chi connectivity index (χ0n) is 15.2. The molecule has 0 spiro atoms. The van der Waals surface area contributed by atoms with Crippen LogP contribution >= 0.6 is 11.3 Å². The van der Waals surface area contributed by atoms with E-state index in [4.69, 9.17) is 9.47 Å². The molecule has 0 amide bonds. The number of aromatic nitrogens is 2. The maximum absolute atomic E-state index is 12.6. The minimum Gasteiger partial charge on any atom is -0.453 e. The zero-order valence-corrected chi connectivity index (χ0v) is 16.0. The summed E-state index contributed by atoms with van der Waals surface area (Å²) in [5, 5.41) is 1.60. The number of carbonyl (C=O) groups is 2. The molecular weight excluding hydrogens is 376 g/mol. The van der Waals surface area contributed by atoms with Crippen LogP contribution in [0.2, 0.25) is 0 Å². The Morgan fingerprint density at radius 1 is 1.14 bits per heavy atom. The maximum Gasteiger partial charge on any atom is 0.332 e. The first-order valence-electron chi connectivity index (χ1n) is 8.84. The SMILES string of the molecule is C[C@H](OC(=O)COCc1nc2ccccc2s1)C(=O)c1c[nH]c2ccccc12. The molecule has 2 aromatic carbocycles. The molecule has 0 unspecified atom stereocenters. The lowest BCUT2D eigenvalue weighted by molar-refractivity contribution is -0.152. The molecule has 4 rings (SSSR count). The third kappa shape index (κ3) is 3.81. The summed E-state index contributed by atoms with van der Waals surface area (Å²) in [4.78, 5) is 32.1. The molecule has 0 aliphatic rings. The van der Waals surface area contributed by atoms with Gasteiger partial charge < -0.3 is 14.5 Å². The van der Waals surface area contributed by atoms with Crippen LogP contribution in [-0.2, 0) is 20.9 Å². The van der Waals surface area contributed by atoms with Crippen LogP contribution < -0.4 is 0 Å². The van der Waals surface area contributed by atoms with Gasteiger partial charge in [-0.2, -0.15) is 0 Å². The Bertz CT molecular complexity index is 1110. The van der Waals surface area contributed by atoms with Crippen molar-refractivity contribution in [1.82, 2.24) is 9.97 Å². The van der Waals surface area contributed by atoms with Gasteiger partial charge in [-0.25, -0.2) is 9.78 Å². The number of thiazole rings is 1. The average Bonchev–Trinajstić information content (AvgIpc) is 3.31. The van der Waals surface area contributed by atoms with Gasteiger partial charge in [0, 0.05) is 22.7 Å². The fourth-order valence-corrected chi connectivity index (χ4v) is 3.89. The van der Waals surface area contributed by atoms with Crippen molar-refractivity contribution >= 4 is 44.2 Å². The Morgan fingerprint density at radius 3 is 2.79 bits per heavy atom. The summed E-state index contributed by atoms with van der Waals surface area (Å²) in [7, 11) is 0. The van der Waals surface area contributed by atoms with Crippen molar-refractivity contribution in [2.45, 2.75) is 19.6 Å². The molecule has 0 aliphatic carbocycles. The molecule has 0 bridgehead atoms. The quantitative estimate of drug-likeness (QED) is 0.377. The van der Waals surface area contributed by atoms with Gasteiger partial charge in [0.05, 0.1) is 16.8 Å². The Labute approximate surface area is 165 Å². The van der Waals surface area contributed by atoms with Gasteiger partial charge in [0.1, 0.15) is 11.6 Å². The summed E-state index contributed by atoms with van der Waals surface area (Å²) in [6.07, 6.45) is 0.749. The van der Waals surface area contributed by atoms with E-state index in [2.05, 4.69) is 9.97 Å². The number of nitrogens with zero attached hydrogens (tertiary/aromatic N) is 1. The predicted molar refractivity (Wildman–Crippen MR) is 107 cm³/mol. The van der Waals surface area contributed by atoms with E-state index in [9.17, 15) is 9.59 Å². The second-order valence-electron chi connectivity index (χ2n) is 6.31. The van der Waals surface area contributed by atoms with Crippen molar-refractivity contribution in [3.63, 3.8) is 0 Å². The summed E-state index contributed by atoms with van der Waals surface area (Å²) in [5.74, 6) is -0.834. The van der Waals surface area contributed by atoms with E-state index < -0.39 is 12.1 Å². The summed E-state index contributed by atoms with van der Waals surface area (Å²) < 4.78 is 11.7. The lowest BCUT2D eigenvalue weighted by Crippen LogP contribution is -2.26.